The van der Waals surface area contributed by atoms with Gasteiger partial charge in [0.25, 0.3) is 0 Å². The van der Waals surface area contributed by atoms with Gasteiger partial charge in [-0.15, -0.1) is 0 Å². The minimum absolute atomic E-state index is 0.159. The molecule has 1 aromatic heterocycles. The summed E-state index contributed by atoms with van der Waals surface area (Å²) in [5.74, 6) is 0.503. The molecule has 0 aliphatic carbocycles. The van der Waals surface area contributed by atoms with Crippen molar-refractivity contribution < 1.29 is 9.47 Å². The zero-order valence-electron chi connectivity index (χ0n) is 13.6. The normalized spacial score (nSPS) is 13.7. The fraction of sp³-hybridized carbons (Fsp3) is 0.412. The molecule has 0 aliphatic rings. The third-order valence-electron chi connectivity index (χ3n) is 3.69. The summed E-state index contributed by atoms with van der Waals surface area (Å²) in [7, 11) is 1.71. The van der Waals surface area contributed by atoms with Gasteiger partial charge in [0.05, 0.1) is 6.10 Å². The third kappa shape index (κ3) is 4.91. The van der Waals surface area contributed by atoms with Crippen molar-refractivity contribution in [3.8, 4) is 0 Å². The van der Waals surface area contributed by atoms with E-state index in [2.05, 4.69) is 9.97 Å². The molecule has 0 spiro atoms. The Bertz CT molecular complexity index is 607. The summed E-state index contributed by atoms with van der Waals surface area (Å²) in [6.45, 7) is 2.64. The fourth-order valence-electron chi connectivity index (χ4n) is 2.30. The number of hydrogen-bond acceptors (Lipinski definition) is 6. The molecule has 0 saturated carbocycles. The Labute approximate surface area is 136 Å². The number of hydrogen-bond donors (Lipinski definition) is 2. The molecule has 2 aromatic rings. The Morgan fingerprint density at radius 3 is 2.57 bits per heavy atom. The van der Waals surface area contributed by atoms with Crippen LogP contribution in [0.1, 0.15) is 37.0 Å². The summed E-state index contributed by atoms with van der Waals surface area (Å²) in [5, 5.41) is 0. The van der Waals surface area contributed by atoms with Crippen LogP contribution in [-0.4, -0.2) is 29.8 Å². The third-order valence-corrected chi connectivity index (χ3v) is 3.69. The number of nitrogen functional groups attached to an aromatic ring is 2. The van der Waals surface area contributed by atoms with E-state index >= 15 is 0 Å². The highest BCUT2D eigenvalue weighted by Gasteiger charge is 2.19. The predicted octanol–water partition coefficient (Wildman–Crippen LogP) is 2.56. The lowest BCUT2D eigenvalue weighted by atomic mass is 10.0. The van der Waals surface area contributed by atoms with E-state index in [4.69, 9.17) is 20.9 Å². The van der Waals surface area contributed by atoms with Crippen LogP contribution < -0.4 is 11.5 Å². The molecule has 0 bridgehead atoms. The lowest BCUT2D eigenvalue weighted by molar-refractivity contribution is 0.0587. The number of nitrogens with zero attached hydrogens (tertiary/aromatic N) is 2. The molecular weight excluding hydrogens is 292 g/mol. The molecule has 23 heavy (non-hydrogen) atoms. The van der Waals surface area contributed by atoms with Gasteiger partial charge in [-0.25, -0.2) is 4.98 Å². The van der Waals surface area contributed by atoms with E-state index < -0.39 is 0 Å². The minimum atomic E-state index is -0.311. The average Bonchev–Trinajstić information content (AvgIpc) is 2.56. The summed E-state index contributed by atoms with van der Waals surface area (Å²) in [6.07, 6.45) is 3.38. The number of methoxy groups -OCH3 is 1. The van der Waals surface area contributed by atoms with Crippen molar-refractivity contribution >= 4 is 11.8 Å². The van der Waals surface area contributed by atoms with Crippen molar-refractivity contribution in [2.24, 2.45) is 0 Å². The molecule has 0 amide bonds. The molecule has 2 atom stereocenters. The Balaban J connectivity index is 2.13. The lowest BCUT2D eigenvalue weighted by Gasteiger charge is -2.20. The van der Waals surface area contributed by atoms with Crippen molar-refractivity contribution in [2.75, 3.05) is 25.2 Å². The molecule has 2 unspecified atom stereocenters. The van der Waals surface area contributed by atoms with Crippen LogP contribution in [0.25, 0.3) is 0 Å². The average molecular weight is 316 g/mol. The van der Waals surface area contributed by atoms with Gasteiger partial charge in [0.2, 0.25) is 5.95 Å². The van der Waals surface area contributed by atoms with Gasteiger partial charge in [-0.3, -0.25) is 0 Å². The second-order valence-electron chi connectivity index (χ2n) is 5.42. The first-order chi connectivity index (χ1) is 11.1. The molecule has 0 aliphatic heterocycles. The number of benzene rings is 1. The van der Waals surface area contributed by atoms with Crippen LogP contribution in [0.4, 0.5) is 11.8 Å². The quantitative estimate of drug-likeness (QED) is 0.727. The molecule has 6 heteroatoms. The molecule has 0 fully saturated rings. The standard InChI is InChI=1S/C17H24N4O2/c1-12(22-2)7-6-10-23-15(13-8-4-3-5-9-13)14-11-20-17(19)21-16(14)18/h3-5,8-9,11-12,15H,6-7,10H2,1-2H3,(H4,18,19,20,21). The fourth-order valence-corrected chi connectivity index (χ4v) is 2.30. The van der Waals surface area contributed by atoms with Crippen molar-refractivity contribution in [1.29, 1.82) is 0 Å². The molecule has 0 radical (unpaired) electrons. The molecule has 1 aromatic carbocycles. The first-order valence-electron chi connectivity index (χ1n) is 7.69. The number of anilines is 2. The maximum absolute atomic E-state index is 6.07. The molecule has 1 heterocycles. The summed E-state index contributed by atoms with van der Waals surface area (Å²) >= 11 is 0. The first kappa shape index (κ1) is 17.2. The zero-order chi connectivity index (χ0) is 16.7. The van der Waals surface area contributed by atoms with E-state index in [1.165, 1.54) is 0 Å². The maximum Gasteiger partial charge on any atom is 0.221 e. The molecule has 124 valence electrons. The number of aromatic nitrogens is 2. The molecule has 2 rings (SSSR count). The second-order valence-corrected chi connectivity index (χ2v) is 5.42. The van der Waals surface area contributed by atoms with Crippen molar-refractivity contribution in [1.82, 2.24) is 9.97 Å². The second kappa shape index (κ2) is 8.45. The van der Waals surface area contributed by atoms with Crippen LogP contribution in [-0.2, 0) is 9.47 Å². The molecule has 6 nitrogen and oxygen atoms in total. The topological polar surface area (TPSA) is 96.3 Å². The van der Waals surface area contributed by atoms with E-state index in [0.29, 0.717) is 12.4 Å². The molecule has 0 saturated heterocycles. The largest absolute Gasteiger partial charge is 0.383 e. The monoisotopic (exact) mass is 316 g/mol. The summed E-state index contributed by atoms with van der Waals surface area (Å²) in [6, 6.07) is 9.89. The maximum atomic E-state index is 6.07. The van der Waals surface area contributed by atoms with Gasteiger partial charge in [0, 0.05) is 25.5 Å². The Hall–Kier alpha value is -2.18. The smallest absolute Gasteiger partial charge is 0.221 e. The van der Waals surface area contributed by atoms with Crippen LogP contribution in [0, 0.1) is 0 Å². The van der Waals surface area contributed by atoms with Crippen LogP contribution in [0.2, 0.25) is 0 Å². The zero-order valence-corrected chi connectivity index (χ0v) is 13.6. The van der Waals surface area contributed by atoms with E-state index in [1.54, 1.807) is 13.3 Å². The summed E-state index contributed by atoms with van der Waals surface area (Å²) < 4.78 is 11.3. The predicted molar refractivity (Wildman–Crippen MR) is 90.8 cm³/mol. The van der Waals surface area contributed by atoms with Crippen LogP contribution in [0.15, 0.2) is 36.5 Å². The van der Waals surface area contributed by atoms with Crippen LogP contribution in [0.3, 0.4) is 0 Å². The molecule has 4 N–H and O–H groups in total. The van der Waals surface area contributed by atoms with Gasteiger partial charge in [0.15, 0.2) is 0 Å². The van der Waals surface area contributed by atoms with E-state index in [-0.39, 0.29) is 18.2 Å². The Morgan fingerprint density at radius 1 is 1.17 bits per heavy atom. The van der Waals surface area contributed by atoms with Crippen molar-refractivity contribution in [3.63, 3.8) is 0 Å². The minimum Gasteiger partial charge on any atom is -0.383 e. The SMILES string of the molecule is COC(C)CCCOC(c1ccccc1)c1cnc(N)nc1N. The summed E-state index contributed by atoms with van der Waals surface area (Å²) in [5.41, 5.74) is 13.3. The Morgan fingerprint density at radius 2 is 1.91 bits per heavy atom. The van der Waals surface area contributed by atoms with Gasteiger partial charge < -0.3 is 20.9 Å². The van der Waals surface area contributed by atoms with Gasteiger partial charge in [-0.1, -0.05) is 30.3 Å². The van der Waals surface area contributed by atoms with Gasteiger partial charge in [-0.05, 0) is 25.3 Å². The van der Waals surface area contributed by atoms with E-state index in [9.17, 15) is 0 Å². The number of rotatable bonds is 8. The first-order valence-corrected chi connectivity index (χ1v) is 7.69. The highest BCUT2D eigenvalue weighted by atomic mass is 16.5. The highest BCUT2D eigenvalue weighted by Crippen LogP contribution is 2.29. The number of nitrogens with two attached hydrogens (primary N) is 2. The van der Waals surface area contributed by atoms with E-state index in [1.807, 2.05) is 37.3 Å². The van der Waals surface area contributed by atoms with Crippen molar-refractivity contribution in [2.45, 2.75) is 32.0 Å². The van der Waals surface area contributed by atoms with Gasteiger partial charge in [0.1, 0.15) is 11.9 Å². The van der Waals surface area contributed by atoms with E-state index in [0.717, 1.165) is 24.0 Å². The van der Waals surface area contributed by atoms with Gasteiger partial charge >= 0.3 is 0 Å². The number of ether oxygens (including phenoxy) is 2. The van der Waals surface area contributed by atoms with Crippen LogP contribution >= 0.6 is 0 Å². The van der Waals surface area contributed by atoms with Gasteiger partial charge in [-0.2, -0.15) is 4.98 Å². The lowest BCUT2D eigenvalue weighted by Crippen LogP contribution is -2.13. The Kier molecular flexibility index (Phi) is 6.31. The van der Waals surface area contributed by atoms with Crippen molar-refractivity contribution in [3.05, 3.63) is 47.7 Å². The molecular formula is C17H24N4O2. The summed E-state index contributed by atoms with van der Waals surface area (Å²) in [4.78, 5) is 8.08. The highest BCUT2D eigenvalue weighted by molar-refractivity contribution is 5.46. The van der Waals surface area contributed by atoms with Crippen LogP contribution in [0.5, 0.6) is 0 Å².